The number of anilines is 3. The average Bonchev–Trinajstić information content (AvgIpc) is 2.68. The van der Waals surface area contributed by atoms with E-state index in [-0.39, 0.29) is 6.03 Å². The second kappa shape index (κ2) is 8.73. The number of nitrogens with one attached hydrogen (secondary N) is 2. The molecule has 2 N–H and O–H groups in total. The lowest BCUT2D eigenvalue weighted by molar-refractivity contribution is 0.209. The van der Waals surface area contributed by atoms with Crippen LogP contribution in [0.4, 0.5) is 22.0 Å². The third-order valence-electron chi connectivity index (χ3n) is 4.70. The molecule has 27 heavy (non-hydrogen) atoms. The molecule has 1 aromatic carbocycles. The maximum atomic E-state index is 12.2. The molecule has 0 bridgehead atoms. The first kappa shape index (κ1) is 19.0. The zero-order valence-corrected chi connectivity index (χ0v) is 16.1. The van der Waals surface area contributed by atoms with Crippen molar-refractivity contribution in [1.82, 2.24) is 9.88 Å². The topological polar surface area (TPSA) is 69.7 Å². The van der Waals surface area contributed by atoms with Gasteiger partial charge in [0.2, 0.25) is 0 Å². The molecule has 1 aliphatic heterocycles. The van der Waals surface area contributed by atoms with Crippen LogP contribution < -0.4 is 20.3 Å². The Labute approximate surface area is 160 Å². The number of hydrogen-bond acceptors (Lipinski definition) is 5. The summed E-state index contributed by atoms with van der Waals surface area (Å²) >= 11 is 0. The number of urea groups is 1. The third-order valence-corrected chi connectivity index (χ3v) is 4.70. The van der Waals surface area contributed by atoms with Gasteiger partial charge in [-0.1, -0.05) is 6.07 Å². The van der Waals surface area contributed by atoms with Crippen molar-refractivity contribution >= 4 is 23.2 Å². The van der Waals surface area contributed by atoms with Crippen molar-refractivity contribution in [3.63, 3.8) is 0 Å². The molecule has 7 nitrogen and oxygen atoms in total. The van der Waals surface area contributed by atoms with Gasteiger partial charge in [0.15, 0.2) is 0 Å². The zero-order valence-electron chi connectivity index (χ0n) is 16.1. The Kier molecular flexibility index (Phi) is 6.13. The van der Waals surface area contributed by atoms with Gasteiger partial charge in [-0.25, -0.2) is 9.78 Å². The minimum atomic E-state index is -0.316. The van der Waals surface area contributed by atoms with Gasteiger partial charge in [-0.2, -0.15) is 0 Å². The minimum Gasteiger partial charge on any atom is -0.497 e. The van der Waals surface area contributed by atoms with Crippen LogP contribution in [0.3, 0.4) is 0 Å². The van der Waals surface area contributed by atoms with Crippen LogP contribution in [-0.4, -0.2) is 55.2 Å². The number of pyridine rings is 1. The summed E-state index contributed by atoms with van der Waals surface area (Å²) in [4.78, 5) is 21.4. The number of rotatable bonds is 5. The van der Waals surface area contributed by atoms with Crippen LogP contribution in [0.15, 0.2) is 42.6 Å². The van der Waals surface area contributed by atoms with E-state index in [0.717, 1.165) is 32.0 Å². The van der Waals surface area contributed by atoms with Crippen molar-refractivity contribution in [3.8, 4) is 5.75 Å². The molecule has 0 spiro atoms. The molecule has 0 aliphatic carbocycles. The van der Waals surface area contributed by atoms with Gasteiger partial charge in [-0.05, 0) is 38.1 Å². The van der Waals surface area contributed by atoms with Crippen LogP contribution >= 0.6 is 0 Å². The van der Waals surface area contributed by atoms with E-state index < -0.39 is 0 Å². The zero-order chi connectivity index (χ0) is 19.2. The first-order chi connectivity index (χ1) is 13.0. The highest BCUT2D eigenvalue weighted by atomic mass is 16.5. The van der Waals surface area contributed by atoms with Gasteiger partial charge >= 0.3 is 6.03 Å². The van der Waals surface area contributed by atoms with E-state index in [2.05, 4.69) is 39.3 Å². The van der Waals surface area contributed by atoms with Crippen LogP contribution in [0, 0.1) is 0 Å². The highest BCUT2D eigenvalue weighted by molar-refractivity contribution is 5.99. The maximum absolute atomic E-state index is 12.2. The van der Waals surface area contributed by atoms with Crippen LogP contribution in [0.1, 0.15) is 13.8 Å². The van der Waals surface area contributed by atoms with E-state index >= 15 is 0 Å². The highest BCUT2D eigenvalue weighted by Crippen LogP contribution is 2.19. The number of carbonyl (C=O) groups excluding carboxylic acids is 1. The number of methoxy groups -OCH3 is 1. The van der Waals surface area contributed by atoms with E-state index in [1.165, 1.54) is 0 Å². The third kappa shape index (κ3) is 5.10. The van der Waals surface area contributed by atoms with Gasteiger partial charge in [0.1, 0.15) is 11.6 Å². The standard InChI is InChI=1S/C20H27N5O2/c1-15(2)24-9-11-25(12-10-24)19-8-7-17(14-21-19)23-20(26)22-16-5-4-6-18(13-16)27-3/h4-8,13-15H,9-12H2,1-3H3,(H2,22,23,26). The van der Waals surface area contributed by atoms with Crippen molar-refractivity contribution < 1.29 is 9.53 Å². The van der Waals surface area contributed by atoms with Crippen molar-refractivity contribution in [2.75, 3.05) is 48.8 Å². The summed E-state index contributed by atoms with van der Waals surface area (Å²) in [5.74, 6) is 1.63. The maximum Gasteiger partial charge on any atom is 0.323 e. The molecule has 1 saturated heterocycles. The number of amides is 2. The molecule has 2 aromatic rings. The molecule has 1 fully saturated rings. The molecule has 1 aromatic heterocycles. The lowest BCUT2D eigenvalue weighted by Crippen LogP contribution is -2.49. The summed E-state index contributed by atoms with van der Waals surface area (Å²) in [5.41, 5.74) is 1.32. The molecule has 144 valence electrons. The SMILES string of the molecule is COc1cccc(NC(=O)Nc2ccc(N3CCN(C(C)C)CC3)nc2)c1. The normalized spacial score (nSPS) is 14.9. The van der Waals surface area contributed by atoms with E-state index in [0.29, 0.717) is 23.2 Å². The summed E-state index contributed by atoms with van der Waals surface area (Å²) in [7, 11) is 1.59. The van der Waals surface area contributed by atoms with Crippen molar-refractivity contribution in [1.29, 1.82) is 0 Å². The number of piperazine rings is 1. The largest absolute Gasteiger partial charge is 0.497 e. The molecule has 0 unspecified atom stereocenters. The molecule has 7 heteroatoms. The molecule has 0 atom stereocenters. The van der Waals surface area contributed by atoms with E-state index in [1.807, 2.05) is 24.3 Å². The Bertz CT molecular complexity index is 755. The van der Waals surface area contributed by atoms with E-state index in [1.54, 1.807) is 25.4 Å². The minimum absolute atomic E-state index is 0.316. The van der Waals surface area contributed by atoms with Crippen LogP contribution in [0.5, 0.6) is 5.75 Å². The second-order valence-corrected chi connectivity index (χ2v) is 6.83. The summed E-state index contributed by atoms with van der Waals surface area (Å²) in [5, 5.41) is 5.58. The summed E-state index contributed by atoms with van der Waals surface area (Å²) < 4.78 is 5.16. The van der Waals surface area contributed by atoms with Gasteiger partial charge in [-0.15, -0.1) is 0 Å². The Morgan fingerprint density at radius 3 is 2.44 bits per heavy atom. The highest BCUT2D eigenvalue weighted by Gasteiger charge is 2.19. The molecular formula is C20H27N5O2. The van der Waals surface area contributed by atoms with Gasteiger partial charge in [0, 0.05) is 44.0 Å². The summed E-state index contributed by atoms with van der Waals surface area (Å²) in [6.45, 7) is 8.48. The van der Waals surface area contributed by atoms with E-state index in [9.17, 15) is 4.79 Å². The van der Waals surface area contributed by atoms with Crippen molar-refractivity contribution in [2.24, 2.45) is 0 Å². The number of carbonyl (C=O) groups is 1. The van der Waals surface area contributed by atoms with Gasteiger partial charge in [0.25, 0.3) is 0 Å². The molecular weight excluding hydrogens is 342 g/mol. The smallest absolute Gasteiger partial charge is 0.323 e. The lowest BCUT2D eigenvalue weighted by Gasteiger charge is -2.37. The van der Waals surface area contributed by atoms with Gasteiger partial charge in [0.05, 0.1) is 19.0 Å². The average molecular weight is 369 g/mol. The van der Waals surface area contributed by atoms with Crippen molar-refractivity contribution in [2.45, 2.75) is 19.9 Å². The van der Waals surface area contributed by atoms with Gasteiger partial charge in [-0.3, -0.25) is 4.90 Å². The number of benzene rings is 1. The predicted octanol–water partition coefficient (Wildman–Crippen LogP) is 3.26. The fraction of sp³-hybridized carbons (Fsp3) is 0.400. The van der Waals surface area contributed by atoms with Crippen molar-refractivity contribution in [3.05, 3.63) is 42.6 Å². The second-order valence-electron chi connectivity index (χ2n) is 6.83. The number of aromatic nitrogens is 1. The number of ether oxygens (including phenoxy) is 1. The molecule has 0 radical (unpaired) electrons. The molecule has 2 amide bonds. The first-order valence-electron chi connectivity index (χ1n) is 9.22. The lowest BCUT2D eigenvalue weighted by atomic mass is 10.2. The Balaban J connectivity index is 1.53. The fourth-order valence-electron chi connectivity index (χ4n) is 3.11. The monoisotopic (exact) mass is 369 g/mol. The summed E-state index contributed by atoms with van der Waals surface area (Å²) in [6.07, 6.45) is 1.69. The Morgan fingerprint density at radius 2 is 1.81 bits per heavy atom. The fourth-order valence-corrected chi connectivity index (χ4v) is 3.11. The van der Waals surface area contributed by atoms with E-state index in [4.69, 9.17) is 4.74 Å². The molecule has 1 aliphatic rings. The quantitative estimate of drug-likeness (QED) is 0.847. The predicted molar refractivity (Wildman–Crippen MR) is 109 cm³/mol. The van der Waals surface area contributed by atoms with Crippen LogP contribution in [0.2, 0.25) is 0 Å². The summed E-state index contributed by atoms with van der Waals surface area (Å²) in [6, 6.07) is 11.3. The molecule has 3 rings (SSSR count). The van der Waals surface area contributed by atoms with Gasteiger partial charge < -0.3 is 20.3 Å². The molecule has 2 heterocycles. The van der Waals surface area contributed by atoms with Crippen LogP contribution in [0.25, 0.3) is 0 Å². The number of hydrogen-bond donors (Lipinski definition) is 2. The first-order valence-corrected chi connectivity index (χ1v) is 9.22. The Hall–Kier alpha value is -2.80. The van der Waals surface area contributed by atoms with Crippen LogP contribution in [-0.2, 0) is 0 Å². The molecule has 0 saturated carbocycles. The number of nitrogens with zero attached hydrogens (tertiary/aromatic N) is 3. The Morgan fingerprint density at radius 1 is 1.07 bits per heavy atom.